The molecule has 3 aliphatic rings. The van der Waals surface area contributed by atoms with E-state index in [0.29, 0.717) is 18.1 Å². The second-order valence-corrected chi connectivity index (χ2v) is 11.3. The standard InChI is InChI=1S/C25H36N8O2S/c1-4-32-33(21-7-5-6-8-21)23-22(31(3)36(32)35)17-26-25(29-23)28-19-11-9-18(10-12-19)24(34)27-20-13-15-30(2)16-14-20/h9-12,17,20-21H,4-8,13-16H2,1-3H3,(H,27,34)(H,26,28,29). The van der Waals surface area contributed by atoms with Gasteiger partial charge in [-0.2, -0.15) is 4.98 Å². The molecule has 11 heteroatoms. The van der Waals surface area contributed by atoms with Crippen LogP contribution in [-0.4, -0.2) is 75.2 Å². The number of nitrogens with one attached hydrogen (secondary N) is 2. The third-order valence-corrected chi connectivity index (χ3v) is 8.82. The first-order valence-electron chi connectivity index (χ1n) is 12.9. The highest BCUT2D eigenvalue weighted by atomic mass is 32.2. The quantitative estimate of drug-likeness (QED) is 0.614. The minimum atomic E-state index is -1.31. The summed E-state index contributed by atoms with van der Waals surface area (Å²) in [4.78, 5) is 24.3. The molecular weight excluding hydrogens is 476 g/mol. The molecule has 5 rings (SSSR count). The van der Waals surface area contributed by atoms with Crippen LogP contribution in [0.4, 0.5) is 23.1 Å². The van der Waals surface area contributed by atoms with Gasteiger partial charge in [0, 0.05) is 36.9 Å². The molecule has 3 heterocycles. The smallest absolute Gasteiger partial charge is 0.251 e. The fourth-order valence-electron chi connectivity index (χ4n) is 5.25. The number of anilines is 4. The number of hydrazine groups is 1. The normalized spacial score (nSPS) is 22.0. The molecule has 10 nitrogen and oxygen atoms in total. The van der Waals surface area contributed by atoms with Gasteiger partial charge < -0.3 is 15.5 Å². The maximum atomic E-state index is 13.1. The molecule has 0 bridgehead atoms. The van der Waals surface area contributed by atoms with E-state index in [0.717, 1.165) is 56.0 Å². The molecule has 0 radical (unpaired) electrons. The number of hydrogen-bond acceptors (Lipinski definition) is 7. The Balaban J connectivity index is 1.31. The van der Waals surface area contributed by atoms with E-state index in [1.807, 2.05) is 42.7 Å². The molecule has 1 amide bonds. The van der Waals surface area contributed by atoms with Crippen molar-refractivity contribution < 1.29 is 9.00 Å². The molecule has 1 aliphatic carbocycles. The summed E-state index contributed by atoms with van der Waals surface area (Å²) in [5.74, 6) is 1.21. The number of benzene rings is 1. The number of nitrogens with zero attached hydrogens (tertiary/aromatic N) is 6. The van der Waals surface area contributed by atoms with Gasteiger partial charge in [0.15, 0.2) is 5.82 Å². The second kappa shape index (κ2) is 10.7. The minimum Gasteiger partial charge on any atom is -0.349 e. The maximum Gasteiger partial charge on any atom is 0.251 e. The summed E-state index contributed by atoms with van der Waals surface area (Å²) in [5.41, 5.74) is 2.20. The largest absolute Gasteiger partial charge is 0.349 e. The van der Waals surface area contributed by atoms with Crippen LogP contribution < -0.4 is 19.9 Å². The van der Waals surface area contributed by atoms with Crippen molar-refractivity contribution in [1.82, 2.24) is 24.6 Å². The van der Waals surface area contributed by atoms with Crippen LogP contribution >= 0.6 is 0 Å². The lowest BCUT2D eigenvalue weighted by atomic mass is 10.0. The average molecular weight is 513 g/mol. The zero-order valence-electron chi connectivity index (χ0n) is 21.3. The summed E-state index contributed by atoms with van der Waals surface area (Å²) in [5, 5.41) is 8.56. The van der Waals surface area contributed by atoms with Gasteiger partial charge in [0.2, 0.25) is 17.1 Å². The van der Waals surface area contributed by atoms with Crippen molar-refractivity contribution >= 4 is 40.2 Å². The zero-order valence-corrected chi connectivity index (χ0v) is 22.1. The first-order chi connectivity index (χ1) is 17.4. The fraction of sp³-hybridized carbons (Fsp3) is 0.560. The summed E-state index contributed by atoms with van der Waals surface area (Å²) in [6, 6.07) is 7.91. The molecule has 2 fully saturated rings. The highest BCUT2D eigenvalue weighted by Crippen LogP contribution is 2.39. The molecule has 2 N–H and O–H groups in total. The summed E-state index contributed by atoms with van der Waals surface area (Å²) >= 11 is -1.31. The molecule has 1 unspecified atom stereocenters. The topological polar surface area (TPSA) is 96.9 Å². The third-order valence-electron chi connectivity index (χ3n) is 7.36. The zero-order chi connectivity index (χ0) is 25.2. The molecule has 2 aliphatic heterocycles. The number of carbonyl (C=O) groups excluding carboxylic acids is 1. The Labute approximate surface area is 215 Å². The molecule has 1 atom stereocenters. The number of amides is 1. The highest BCUT2D eigenvalue weighted by Gasteiger charge is 2.39. The van der Waals surface area contributed by atoms with Crippen molar-refractivity contribution in [2.24, 2.45) is 0 Å². The van der Waals surface area contributed by atoms with E-state index >= 15 is 0 Å². The van der Waals surface area contributed by atoms with Crippen LogP contribution in [0.25, 0.3) is 0 Å². The first kappa shape index (κ1) is 24.9. The van der Waals surface area contributed by atoms with Gasteiger partial charge in [-0.15, -0.1) is 4.41 Å². The molecule has 1 aromatic carbocycles. The number of rotatable bonds is 6. The van der Waals surface area contributed by atoms with Gasteiger partial charge in [-0.1, -0.05) is 12.8 Å². The highest BCUT2D eigenvalue weighted by molar-refractivity contribution is 7.84. The van der Waals surface area contributed by atoms with Crippen LogP contribution in [0.1, 0.15) is 55.8 Å². The minimum absolute atomic E-state index is 0.0379. The van der Waals surface area contributed by atoms with Gasteiger partial charge in [0.05, 0.1) is 6.20 Å². The van der Waals surface area contributed by atoms with E-state index in [2.05, 4.69) is 32.6 Å². The Morgan fingerprint density at radius 1 is 1.08 bits per heavy atom. The van der Waals surface area contributed by atoms with Gasteiger partial charge in [-0.05, 0) is 77.0 Å². The van der Waals surface area contributed by atoms with Crippen LogP contribution in [0.3, 0.4) is 0 Å². The summed E-state index contributed by atoms with van der Waals surface area (Å²) in [6.07, 6.45) is 8.16. The Kier molecular flexibility index (Phi) is 7.40. The number of carbonyl (C=O) groups is 1. The number of hydrogen-bond donors (Lipinski definition) is 2. The molecule has 1 aromatic heterocycles. The van der Waals surface area contributed by atoms with Crippen LogP contribution in [0.15, 0.2) is 30.5 Å². The number of aromatic nitrogens is 2. The molecule has 0 spiro atoms. The van der Waals surface area contributed by atoms with Crippen LogP contribution in [0.5, 0.6) is 0 Å². The van der Waals surface area contributed by atoms with E-state index in [1.165, 1.54) is 12.8 Å². The van der Waals surface area contributed by atoms with Crippen molar-refractivity contribution in [3.05, 3.63) is 36.0 Å². The number of piperidine rings is 1. The van der Waals surface area contributed by atoms with Gasteiger partial charge >= 0.3 is 0 Å². The average Bonchev–Trinajstić information content (AvgIpc) is 3.42. The Bertz CT molecular complexity index is 1100. The molecule has 194 valence electrons. The Morgan fingerprint density at radius 2 is 1.78 bits per heavy atom. The van der Waals surface area contributed by atoms with Gasteiger partial charge in [0.25, 0.3) is 5.91 Å². The number of likely N-dealkylation sites (tertiary alicyclic amines) is 1. The van der Waals surface area contributed by atoms with E-state index in [-0.39, 0.29) is 18.0 Å². The van der Waals surface area contributed by atoms with E-state index in [1.54, 1.807) is 10.5 Å². The van der Waals surface area contributed by atoms with Crippen molar-refractivity contribution in [2.45, 2.75) is 57.5 Å². The SMILES string of the molecule is CCN1N(C2CCCC2)c2nc(Nc3ccc(C(=O)NC4CCN(C)CC4)cc3)ncc2N(C)S1=O. The Hall–Kier alpha value is -2.76. The van der Waals surface area contributed by atoms with Crippen LogP contribution in [0.2, 0.25) is 0 Å². The fourth-order valence-corrected chi connectivity index (χ4v) is 6.41. The van der Waals surface area contributed by atoms with Crippen molar-refractivity contribution in [3.8, 4) is 0 Å². The molecule has 1 saturated carbocycles. The summed E-state index contributed by atoms with van der Waals surface area (Å²) in [7, 11) is 3.93. The van der Waals surface area contributed by atoms with Crippen molar-refractivity contribution in [3.63, 3.8) is 0 Å². The lowest BCUT2D eigenvalue weighted by Gasteiger charge is -2.44. The van der Waals surface area contributed by atoms with Crippen LogP contribution in [-0.2, 0) is 11.2 Å². The predicted octanol–water partition coefficient (Wildman–Crippen LogP) is 3.06. The molecule has 1 saturated heterocycles. The van der Waals surface area contributed by atoms with E-state index < -0.39 is 11.2 Å². The van der Waals surface area contributed by atoms with Gasteiger partial charge in [-0.3, -0.25) is 14.1 Å². The predicted molar refractivity (Wildman–Crippen MR) is 143 cm³/mol. The lowest BCUT2D eigenvalue weighted by Crippen LogP contribution is -2.56. The summed E-state index contributed by atoms with van der Waals surface area (Å²) in [6.45, 7) is 4.66. The third kappa shape index (κ3) is 5.05. The van der Waals surface area contributed by atoms with Crippen LogP contribution in [0, 0.1) is 0 Å². The van der Waals surface area contributed by atoms with Gasteiger partial charge in [0.1, 0.15) is 5.69 Å². The first-order valence-corrected chi connectivity index (χ1v) is 14.0. The lowest BCUT2D eigenvalue weighted by molar-refractivity contribution is 0.0917. The number of fused-ring (bicyclic) bond motifs is 1. The molecule has 36 heavy (non-hydrogen) atoms. The summed E-state index contributed by atoms with van der Waals surface area (Å²) < 4.78 is 16.7. The van der Waals surface area contributed by atoms with Crippen molar-refractivity contribution in [1.29, 1.82) is 0 Å². The Morgan fingerprint density at radius 3 is 2.44 bits per heavy atom. The van der Waals surface area contributed by atoms with Gasteiger partial charge in [-0.25, -0.2) is 9.19 Å². The molecule has 2 aromatic rings. The van der Waals surface area contributed by atoms with E-state index in [9.17, 15) is 9.00 Å². The maximum absolute atomic E-state index is 13.1. The van der Waals surface area contributed by atoms with Crippen molar-refractivity contribution in [2.75, 3.05) is 48.4 Å². The monoisotopic (exact) mass is 512 g/mol. The second-order valence-electron chi connectivity index (χ2n) is 9.84. The molecular formula is C25H36N8O2S. The van der Waals surface area contributed by atoms with E-state index in [4.69, 9.17) is 4.98 Å².